The Morgan fingerprint density at radius 3 is 2.28 bits per heavy atom. The third-order valence-corrected chi connectivity index (χ3v) is 6.14. The van der Waals surface area contributed by atoms with Crippen LogP contribution in [0.4, 0.5) is 5.69 Å². The summed E-state index contributed by atoms with van der Waals surface area (Å²) in [4.78, 5) is 32.9. The molecule has 0 saturated carbocycles. The fraction of sp³-hybridized carbons (Fsp3) is 0.522. The summed E-state index contributed by atoms with van der Waals surface area (Å²) in [6.07, 6.45) is 7.25. The van der Waals surface area contributed by atoms with Crippen molar-refractivity contribution < 1.29 is 9.59 Å². The van der Waals surface area contributed by atoms with Crippen molar-refractivity contribution in [3.8, 4) is 0 Å². The standard InChI is InChI=1S/C23H30N4O2/c1-16-10-9-11-17(2)19(16)25-22(28)20-18-12-5-8-15-27(18)21(24-20)23(29)26-13-6-3-4-7-14-26/h9-11H,3-8,12-15H2,1-2H3,(H,25,28). The van der Waals surface area contributed by atoms with Crippen molar-refractivity contribution in [2.45, 2.75) is 65.3 Å². The van der Waals surface area contributed by atoms with E-state index in [2.05, 4.69) is 10.3 Å². The number of rotatable bonds is 3. The van der Waals surface area contributed by atoms with Crippen LogP contribution in [0.3, 0.4) is 0 Å². The minimum atomic E-state index is -0.219. The predicted molar refractivity (Wildman–Crippen MR) is 113 cm³/mol. The summed E-state index contributed by atoms with van der Waals surface area (Å²) in [7, 11) is 0. The number of hydrogen-bond acceptors (Lipinski definition) is 3. The molecule has 2 aromatic rings. The third kappa shape index (κ3) is 3.93. The fourth-order valence-electron chi connectivity index (χ4n) is 4.49. The topological polar surface area (TPSA) is 67.2 Å². The highest BCUT2D eigenvalue weighted by atomic mass is 16.2. The molecule has 6 nitrogen and oxygen atoms in total. The number of nitrogens with one attached hydrogen (secondary N) is 1. The first-order valence-corrected chi connectivity index (χ1v) is 10.8. The fourth-order valence-corrected chi connectivity index (χ4v) is 4.49. The van der Waals surface area contributed by atoms with Crippen molar-refractivity contribution in [1.82, 2.24) is 14.5 Å². The van der Waals surface area contributed by atoms with E-state index in [0.717, 1.165) is 74.2 Å². The minimum absolute atomic E-state index is 0.0267. The molecule has 4 rings (SSSR count). The Balaban J connectivity index is 1.65. The zero-order valence-electron chi connectivity index (χ0n) is 17.5. The number of amides is 2. The summed E-state index contributed by atoms with van der Waals surface area (Å²) < 4.78 is 2.00. The first-order valence-electron chi connectivity index (χ1n) is 10.8. The first-order chi connectivity index (χ1) is 14.1. The molecule has 3 heterocycles. The maximum Gasteiger partial charge on any atom is 0.289 e. The van der Waals surface area contributed by atoms with Gasteiger partial charge in [-0.05, 0) is 57.1 Å². The SMILES string of the molecule is Cc1cccc(C)c1NC(=O)c1nc(C(=O)N2CCCCCC2)n2c1CCCC2. The Bertz CT molecular complexity index is 903. The van der Waals surface area contributed by atoms with Crippen LogP contribution in [0.2, 0.25) is 0 Å². The molecule has 29 heavy (non-hydrogen) atoms. The van der Waals surface area contributed by atoms with Crippen molar-refractivity contribution in [3.63, 3.8) is 0 Å². The van der Waals surface area contributed by atoms with Crippen molar-refractivity contribution in [2.24, 2.45) is 0 Å². The van der Waals surface area contributed by atoms with Gasteiger partial charge in [0.2, 0.25) is 0 Å². The smallest absolute Gasteiger partial charge is 0.289 e. The van der Waals surface area contributed by atoms with Crippen LogP contribution in [-0.2, 0) is 13.0 Å². The number of nitrogens with zero attached hydrogens (tertiary/aromatic N) is 3. The summed E-state index contributed by atoms with van der Waals surface area (Å²) in [5, 5.41) is 3.05. The van der Waals surface area contributed by atoms with Gasteiger partial charge in [0.05, 0.1) is 5.69 Å². The lowest BCUT2D eigenvalue weighted by molar-refractivity contribution is 0.0743. The van der Waals surface area contributed by atoms with Crippen LogP contribution >= 0.6 is 0 Å². The van der Waals surface area contributed by atoms with Crippen LogP contribution in [-0.4, -0.2) is 39.4 Å². The second kappa shape index (κ2) is 8.39. The molecule has 2 aliphatic heterocycles. The number of hydrogen-bond donors (Lipinski definition) is 1. The Labute approximate surface area is 172 Å². The largest absolute Gasteiger partial charge is 0.336 e. The molecule has 1 aromatic heterocycles. The Morgan fingerprint density at radius 2 is 1.59 bits per heavy atom. The Kier molecular flexibility index (Phi) is 5.69. The van der Waals surface area contributed by atoms with E-state index in [9.17, 15) is 9.59 Å². The highest BCUT2D eigenvalue weighted by molar-refractivity contribution is 6.05. The summed E-state index contributed by atoms with van der Waals surface area (Å²) in [5.74, 6) is 0.192. The van der Waals surface area contributed by atoms with E-state index < -0.39 is 0 Å². The van der Waals surface area contributed by atoms with Crippen molar-refractivity contribution in [2.75, 3.05) is 18.4 Å². The summed E-state index contributed by atoms with van der Waals surface area (Å²) in [5.41, 5.74) is 4.18. The van der Waals surface area contributed by atoms with Gasteiger partial charge in [0, 0.05) is 25.3 Å². The monoisotopic (exact) mass is 394 g/mol. The van der Waals surface area contributed by atoms with Crippen molar-refractivity contribution in [1.29, 1.82) is 0 Å². The second-order valence-electron chi connectivity index (χ2n) is 8.27. The van der Waals surface area contributed by atoms with E-state index in [1.54, 1.807) is 0 Å². The average Bonchev–Trinajstić information content (AvgIpc) is 2.90. The van der Waals surface area contributed by atoms with Crippen LogP contribution in [0.1, 0.15) is 76.5 Å². The van der Waals surface area contributed by atoms with Gasteiger partial charge < -0.3 is 14.8 Å². The highest BCUT2D eigenvalue weighted by Gasteiger charge is 2.30. The number of likely N-dealkylation sites (tertiary alicyclic amines) is 1. The van der Waals surface area contributed by atoms with Gasteiger partial charge in [-0.25, -0.2) is 4.98 Å². The molecule has 154 valence electrons. The van der Waals surface area contributed by atoms with Crippen LogP contribution in [0.5, 0.6) is 0 Å². The van der Waals surface area contributed by atoms with E-state index in [0.29, 0.717) is 11.5 Å². The van der Waals surface area contributed by atoms with Gasteiger partial charge in [0.25, 0.3) is 11.8 Å². The van der Waals surface area contributed by atoms with Crippen LogP contribution in [0.15, 0.2) is 18.2 Å². The molecule has 0 atom stereocenters. The highest BCUT2D eigenvalue weighted by Crippen LogP contribution is 2.25. The molecule has 0 unspecified atom stereocenters. The number of aromatic nitrogens is 2. The van der Waals surface area contributed by atoms with Crippen LogP contribution in [0, 0.1) is 13.8 Å². The lowest BCUT2D eigenvalue weighted by atomic mass is 10.1. The number of carbonyl (C=O) groups is 2. The van der Waals surface area contributed by atoms with E-state index in [1.807, 2.05) is 41.5 Å². The zero-order valence-corrected chi connectivity index (χ0v) is 17.5. The van der Waals surface area contributed by atoms with Gasteiger partial charge in [0.15, 0.2) is 11.5 Å². The maximum atomic E-state index is 13.2. The summed E-state index contributed by atoms with van der Waals surface area (Å²) >= 11 is 0. The molecule has 0 bridgehead atoms. The number of imidazole rings is 1. The second-order valence-corrected chi connectivity index (χ2v) is 8.27. The molecule has 2 aliphatic rings. The van der Waals surface area contributed by atoms with Crippen molar-refractivity contribution in [3.05, 3.63) is 46.5 Å². The zero-order chi connectivity index (χ0) is 20.4. The molecule has 1 fully saturated rings. The van der Waals surface area contributed by atoms with Gasteiger partial charge in [-0.2, -0.15) is 0 Å². The van der Waals surface area contributed by atoms with Crippen molar-refractivity contribution >= 4 is 17.5 Å². The first kappa shape index (κ1) is 19.7. The number of carbonyl (C=O) groups excluding carboxylic acids is 2. The van der Waals surface area contributed by atoms with Crippen LogP contribution < -0.4 is 5.32 Å². The maximum absolute atomic E-state index is 13.2. The predicted octanol–water partition coefficient (Wildman–Crippen LogP) is 4.10. The molecule has 0 spiro atoms. The third-order valence-electron chi connectivity index (χ3n) is 6.14. The molecule has 0 aliphatic carbocycles. The lowest BCUT2D eigenvalue weighted by Crippen LogP contribution is -2.34. The van der Waals surface area contributed by atoms with Gasteiger partial charge in [-0.15, -0.1) is 0 Å². The summed E-state index contributed by atoms with van der Waals surface area (Å²) in [6, 6.07) is 5.95. The van der Waals surface area contributed by atoms with E-state index in [1.165, 1.54) is 12.8 Å². The average molecular weight is 395 g/mol. The normalized spacial score (nSPS) is 16.8. The van der Waals surface area contributed by atoms with Gasteiger partial charge in [0.1, 0.15) is 0 Å². The molecule has 0 radical (unpaired) electrons. The number of benzene rings is 1. The van der Waals surface area contributed by atoms with E-state index in [-0.39, 0.29) is 11.8 Å². The number of anilines is 1. The van der Waals surface area contributed by atoms with Gasteiger partial charge in [-0.1, -0.05) is 31.0 Å². The molecule has 1 saturated heterocycles. The summed E-state index contributed by atoms with van der Waals surface area (Å²) in [6.45, 7) is 6.29. The molecule has 2 amide bonds. The number of fused-ring (bicyclic) bond motifs is 1. The van der Waals surface area contributed by atoms with Gasteiger partial charge >= 0.3 is 0 Å². The van der Waals surface area contributed by atoms with Gasteiger partial charge in [-0.3, -0.25) is 9.59 Å². The quantitative estimate of drug-likeness (QED) is 0.852. The minimum Gasteiger partial charge on any atom is -0.336 e. The Hall–Kier alpha value is -2.63. The molecule has 1 N–H and O–H groups in total. The Morgan fingerprint density at radius 1 is 0.931 bits per heavy atom. The van der Waals surface area contributed by atoms with E-state index in [4.69, 9.17) is 0 Å². The molecular weight excluding hydrogens is 364 g/mol. The number of aryl methyl sites for hydroxylation is 2. The molecule has 6 heteroatoms. The number of para-hydroxylation sites is 1. The van der Waals surface area contributed by atoms with Crippen LogP contribution in [0.25, 0.3) is 0 Å². The molecular formula is C23H30N4O2. The van der Waals surface area contributed by atoms with E-state index >= 15 is 0 Å². The molecule has 1 aromatic carbocycles. The lowest BCUT2D eigenvalue weighted by Gasteiger charge is -2.22.